The lowest BCUT2D eigenvalue weighted by molar-refractivity contribution is -0.130. The van der Waals surface area contributed by atoms with E-state index in [0.29, 0.717) is 41.2 Å². The number of rotatable bonds is 7. The fourth-order valence-corrected chi connectivity index (χ4v) is 3.12. The summed E-state index contributed by atoms with van der Waals surface area (Å²) in [6.45, 7) is 2.61. The standard InChI is InChI=1S/C21H22ClN3O3/c1-14-12-15(22)9-10-18(14)28-11-5-8-20(26)25(2)13-19-23-17-7-4-3-6-16(17)21(27)24-19/h3-4,6-7,9-10,12H,5,8,11,13H2,1-2H3,(H,23,24,27). The van der Waals surface area contributed by atoms with Crippen molar-refractivity contribution in [2.24, 2.45) is 0 Å². The van der Waals surface area contributed by atoms with Gasteiger partial charge in [0.25, 0.3) is 5.56 Å². The first-order valence-electron chi connectivity index (χ1n) is 9.05. The molecule has 0 saturated heterocycles. The maximum atomic E-state index is 12.4. The molecule has 3 rings (SSSR count). The van der Waals surface area contributed by atoms with Crippen LogP contribution in [0.15, 0.2) is 47.3 Å². The second-order valence-corrected chi connectivity index (χ2v) is 7.08. The number of ether oxygens (including phenoxy) is 1. The highest BCUT2D eigenvalue weighted by atomic mass is 35.5. The second kappa shape index (κ2) is 8.89. The molecule has 0 radical (unpaired) electrons. The van der Waals surface area contributed by atoms with Gasteiger partial charge in [0, 0.05) is 18.5 Å². The van der Waals surface area contributed by atoms with E-state index in [9.17, 15) is 9.59 Å². The highest BCUT2D eigenvalue weighted by Gasteiger charge is 2.12. The van der Waals surface area contributed by atoms with Crippen LogP contribution in [0.4, 0.5) is 0 Å². The van der Waals surface area contributed by atoms with Crippen molar-refractivity contribution in [2.75, 3.05) is 13.7 Å². The van der Waals surface area contributed by atoms with E-state index in [-0.39, 0.29) is 18.0 Å². The number of hydrogen-bond acceptors (Lipinski definition) is 4. The van der Waals surface area contributed by atoms with Gasteiger partial charge in [-0.1, -0.05) is 23.7 Å². The molecular formula is C21H22ClN3O3. The van der Waals surface area contributed by atoms with Crippen LogP contribution >= 0.6 is 11.6 Å². The Morgan fingerprint density at radius 1 is 1.25 bits per heavy atom. The van der Waals surface area contributed by atoms with Crippen LogP contribution in [0.2, 0.25) is 5.02 Å². The Balaban J connectivity index is 1.51. The number of halogens is 1. The maximum Gasteiger partial charge on any atom is 0.258 e. The number of fused-ring (bicyclic) bond motifs is 1. The van der Waals surface area contributed by atoms with Gasteiger partial charge in [-0.3, -0.25) is 9.59 Å². The molecule has 6 nitrogen and oxygen atoms in total. The first kappa shape index (κ1) is 19.9. The summed E-state index contributed by atoms with van der Waals surface area (Å²) in [5.74, 6) is 1.20. The summed E-state index contributed by atoms with van der Waals surface area (Å²) >= 11 is 5.93. The predicted molar refractivity (Wildman–Crippen MR) is 110 cm³/mol. The number of carbonyl (C=O) groups excluding carboxylic acids is 1. The van der Waals surface area contributed by atoms with Crippen molar-refractivity contribution < 1.29 is 9.53 Å². The normalized spacial score (nSPS) is 10.8. The average molecular weight is 400 g/mol. The van der Waals surface area contributed by atoms with E-state index in [4.69, 9.17) is 16.3 Å². The lowest BCUT2D eigenvalue weighted by Gasteiger charge is -2.17. The molecule has 1 N–H and O–H groups in total. The third kappa shape index (κ3) is 4.89. The third-order valence-corrected chi connectivity index (χ3v) is 4.64. The molecule has 2 aromatic carbocycles. The lowest BCUT2D eigenvalue weighted by atomic mass is 10.2. The number of aryl methyl sites for hydroxylation is 1. The zero-order chi connectivity index (χ0) is 20.1. The summed E-state index contributed by atoms with van der Waals surface area (Å²) in [6.07, 6.45) is 0.938. The largest absolute Gasteiger partial charge is 0.493 e. The molecule has 1 amide bonds. The molecule has 3 aromatic rings. The highest BCUT2D eigenvalue weighted by molar-refractivity contribution is 6.30. The first-order valence-corrected chi connectivity index (χ1v) is 9.42. The second-order valence-electron chi connectivity index (χ2n) is 6.64. The van der Waals surface area contributed by atoms with E-state index >= 15 is 0 Å². The topological polar surface area (TPSA) is 75.3 Å². The van der Waals surface area contributed by atoms with Gasteiger partial charge in [0.2, 0.25) is 5.91 Å². The zero-order valence-corrected chi connectivity index (χ0v) is 16.6. The van der Waals surface area contributed by atoms with Gasteiger partial charge >= 0.3 is 0 Å². The smallest absolute Gasteiger partial charge is 0.258 e. The van der Waals surface area contributed by atoms with Crippen molar-refractivity contribution in [1.29, 1.82) is 0 Å². The minimum Gasteiger partial charge on any atom is -0.493 e. The number of carbonyl (C=O) groups is 1. The molecule has 146 valence electrons. The lowest BCUT2D eigenvalue weighted by Crippen LogP contribution is -2.28. The number of nitrogens with one attached hydrogen (secondary N) is 1. The molecule has 0 unspecified atom stereocenters. The van der Waals surface area contributed by atoms with Crippen molar-refractivity contribution in [1.82, 2.24) is 14.9 Å². The van der Waals surface area contributed by atoms with E-state index in [1.807, 2.05) is 25.1 Å². The molecule has 0 fully saturated rings. The van der Waals surface area contributed by atoms with E-state index in [1.165, 1.54) is 0 Å². The van der Waals surface area contributed by atoms with E-state index < -0.39 is 0 Å². The monoisotopic (exact) mass is 399 g/mol. The SMILES string of the molecule is Cc1cc(Cl)ccc1OCCCC(=O)N(C)Cc1nc2ccccc2c(=O)[nH]1. The van der Waals surface area contributed by atoms with Crippen LogP contribution in [0.25, 0.3) is 10.9 Å². The Kier molecular flexibility index (Phi) is 6.31. The van der Waals surface area contributed by atoms with Crippen molar-refractivity contribution in [3.63, 3.8) is 0 Å². The first-order chi connectivity index (χ1) is 13.4. The summed E-state index contributed by atoms with van der Waals surface area (Å²) in [4.78, 5) is 33.2. The van der Waals surface area contributed by atoms with Gasteiger partial charge in [0.05, 0.1) is 24.1 Å². The molecule has 0 aliphatic heterocycles. The van der Waals surface area contributed by atoms with Crippen LogP contribution in [0.5, 0.6) is 5.75 Å². The molecule has 0 aliphatic carbocycles. The minimum atomic E-state index is -0.201. The molecule has 0 spiro atoms. The number of para-hydroxylation sites is 1. The number of amides is 1. The molecule has 28 heavy (non-hydrogen) atoms. The number of benzene rings is 2. The number of nitrogens with zero attached hydrogens (tertiary/aromatic N) is 2. The molecule has 1 aromatic heterocycles. The van der Waals surface area contributed by atoms with Gasteiger partial charge in [0.1, 0.15) is 11.6 Å². The number of aromatic nitrogens is 2. The number of aromatic amines is 1. The Morgan fingerprint density at radius 3 is 2.82 bits per heavy atom. The number of hydrogen-bond donors (Lipinski definition) is 1. The zero-order valence-electron chi connectivity index (χ0n) is 15.9. The van der Waals surface area contributed by atoms with E-state index in [0.717, 1.165) is 11.3 Å². The van der Waals surface area contributed by atoms with Crippen LogP contribution in [-0.2, 0) is 11.3 Å². The molecule has 0 bridgehead atoms. The summed E-state index contributed by atoms with van der Waals surface area (Å²) in [5, 5.41) is 1.21. The van der Waals surface area contributed by atoms with Crippen molar-refractivity contribution >= 4 is 28.4 Å². The Labute approximate surface area is 168 Å². The van der Waals surface area contributed by atoms with E-state index in [1.54, 1.807) is 36.2 Å². The quantitative estimate of drug-likeness (QED) is 0.614. The summed E-state index contributed by atoms with van der Waals surface area (Å²) in [6, 6.07) is 12.6. The molecular weight excluding hydrogens is 378 g/mol. The van der Waals surface area contributed by atoms with Crippen molar-refractivity contribution in [2.45, 2.75) is 26.3 Å². The highest BCUT2D eigenvalue weighted by Crippen LogP contribution is 2.22. The molecule has 0 saturated carbocycles. The summed E-state index contributed by atoms with van der Waals surface area (Å²) in [5.41, 5.74) is 1.38. The molecule has 7 heteroatoms. The summed E-state index contributed by atoms with van der Waals surface area (Å²) in [7, 11) is 1.70. The molecule has 0 atom stereocenters. The molecule has 0 aliphatic rings. The van der Waals surface area contributed by atoms with Crippen LogP contribution in [0, 0.1) is 6.92 Å². The maximum absolute atomic E-state index is 12.4. The molecule has 1 heterocycles. The van der Waals surface area contributed by atoms with Crippen LogP contribution in [0.3, 0.4) is 0 Å². The van der Waals surface area contributed by atoms with Crippen LogP contribution < -0.4 is 10.3 Å². The predicted octanol–water partition coefficient (Wildman–Crippen LogP) is 3.70. The van der Waals surface area contributed by atoms with Crippen LogP contribution in [0.1, 0.15) is 24.2 Å². The fraction of sp³-hybridized carbons (Fsp3) is 0.286. The van der Waals surface area contributed by atoms with Gasteiger partial charge in [0.15, 0.2) is 0 Å². The van der Waals surface area contributed by atoms with Gasteiger partial charge in [-0.05, 0) is 49.2 Å². The van der Waals surface area contributed by atoms with Gasteiger partial charge in [-0.2, -0.15) is 0 Å². The number of H-pyrrole nitrogens is 1. The minimum absolute atomic E-state index is 0.0350. The van der Waals surface area contributed by atoms with Crippen molar-refractivity contribution in [3.05, 3.63) is 69.2 Å². The Bertz CT molecular complexity index is 1050. The Morgan fingerprint density at radius 2 is 2.04 bits per heavy atom. The third-order valence-electron chi connectivity index (χ3n) is 4.40. The van der Waals surface area contributed by atoms with Gasteiger partial charge < -0.3 is 14.6 Å². The fourth-order valence-electron chi connectivity index (χ4n) is 2.89. The average Bonchev–Trinajstić information content (AvgIpc) is 2.66. The van der Waals surface area contributed by atoms with Gasteiger partial charge in [-0.15, -0.1) is 0 Å². The van der Waals surface area contributed by atoms with Gasteiger partial charge in [-0.25, -0.2) is 4.98 Å². The Hall–Kier alpha value is -2.86. The van der Waals surface area contributed by atoms with Crippen LogP contribution in [-0.4, -0.2) is 34.4 Å². The van der Waals surface area contributed by atoms with Crippen molar-refractivity contribution in [3.8, 4) is 5.75 Å². The summed E-state index contributed by atoms with van der Waals surface area (Å²) < 4.78 is 5.71. The van der Waals surface area contributed by atoms with E-state index in [2.05, 4.69) is 9.97 Å².